The van der Waals surface area contributed by atoms with Crippen LogP contribution in [0.4, 0.5) is 0 Å². The highest BCUT2D eigenvalue weighted by Crippen LogP contribution is 2.36. The first-order valence-electron chi connectivity index (χ1n) is 7.32. The molecule has 1 aliphatic rings. The van der Waals surface area contributed by atoms with Gasteiger partial charge < -0.3 is 0 Å². The Balaban J connectivity index is 2.22. The predicted molar refractivity (Wildman–Crippen MR) is 92.0 cm³/mol. The lowest BCUT2D eigenvalue weighted by atomic mass is 9.90. The smallest absolute Gasteiger partial charge is 0.151 e. The molecule has 0 amide bonds. The Morgan fingerprint density at radius 2 is 1.52 bits per heavy atom. The monoisotopic (exact) mass is 299 g/mol. The van der Waals surface area contributed by atoms with Crippen LogP contribution in [0, 0.1) is 0 Å². The summed E-state index contributed by atoms with van der Waals surface area (Å²) in [5, 5.41) is 12.2. The molecule has 1 aliphatic heterocycles. The molecule has 0 unspecified atom stereocenters. The minimum Gasteiger partial charge on any atom is -0.298 e. The fourth-order valence-corrected chi connectivity index (χ4v) is 3.03. The van der Waals surface area contributed by atoms with E-state index < -0.39 is 0 Å². The van der Waals surface area contributed by atoms with E-state index in [0.29, 0.717) is 11.3 Å². The maximum atomic E-state index is 11.9. The molecule has 0 bridgehead atoms. The van der Waals surface area contributed by atoms with Crippen molar-refractivity contribution in [3.05, 3.63) is 78.0 Å². The van der Waals surface area contributed by atoms with Crippen LogP contribution in [-0.2, 0) is 0 Å². The quantitative estimate of drug-likeness (QED) is 0.554. The van der Waals surface area contributed by atoms with Gasteiger partial charge in [-0.05, 0) is 33.7 Å². The van der Waals surface area contributed by atoms with Gasteiger partial charge in [-0.25, -0.2) is 0 Å². The summed E-state index contributed by atoms with van der Waals surface area (Å²) in [7, 11) is 0. The van der Waals surface area contributed by atoms with Crippen LogP contribution in [0.5, 0.6) is 0 Å². The average Bonchev–Trinajstić information content (AvgIpc) is 2.89. The fraction of sp³-hybridized carbons (Fsp3) is 0. The van der Waals surface area contributed by atoms with Gasteiger partial charge in [-0.2, -0.15) is 0 Å². The van der Waals surface area contributed by atoms with Crippen LogP contribution in [0.15, 0.2) is 77.2 Å². The number of rotatable bonds is 2. The third-order valence-electron chi connectivity index (χ3n) is 3.99. The molecule has 0 spiro atoms. The first-order chi connectivity index (χ1) is 11.4. The maximum absolute atomic E-state index is 11.9. The normalized spacial score (nSPS) is 13.7. The Bertz CT molecular complexity index is 1020. The van der Waals surface area contributed by atoms with E-state index >= 15 is 0 Å². The molecule has 0 radical (unpaired) electrons. The summed E-state index contributed by atoms with van der Waals surface area (Å²) in [6.45, 7) is 0. The van der Waals surface area contributed by atoms with Crippen LogP contribution >= 0.6 is 0 Å². The molecule has 0 saturated carbocycles. The van der Waals surface area contributed by atoms with Gasteiger partial charge in [0.2, 0.25) is 0 Å². The van der Waals surface area contributed by atoms with E-state index in [1.807, 2.05) is 54.6 Å². The molecule has 0 aliphatic carbocycles. The van der Waals surface area contributed by atoms with Gasteiger partial charge in [0, 0.05) is 17.3 Å². The summed E-state index contributed by atoms with van der Waals surface area (Å²) in [5.41, 5.74) is 4.82. The Hall–Kier alpha value is -3.27. The minimum atomic E-state index is 0.639. The van der Waals surface area contributed by atoms with E-state index in [-0.39, 0.29) is 0 Å². The van der Waals surface area contributed by atoms with Crippen molar-refractivity contribution >= 4 is 33.5 Å². The van der Waals surface area contributed by atoms with Crippen molar-refractivity contribution in [2.24, 2.45) is 10.3 Å². The highest BCUT2D eigenvalue weighted by Gasteiger charge is 2.16. The molecule has 0 atom stereocenters. The zero-order valence-electron chi connectivity index (χ0n) is 12.2. The molecule has 1 N–H and O–H groups in total. The number of allylic oxidation sites excluding steroid dienone is 2. The van der Waals surface area contributed by atoms with Crippen LogP contribution in [0.25, 0.3) is 27.2 Å². The highest BCUT2D eigenvalue weighted by atomic mass is 16.1. The first-order valence-corrected chi connectivity index (χ1v) is 7.32. The second-order valence-corrected chi connectivity index (χ2v) is 5.24. The summed E-state index contributed by atoms with van der Waals surface area (Å²) in [6, 6.07) is 16.0. The van der Waals surface area contributed by atoms with Crippen molar-refractivity contribution < 1.29 is 4.79 Å². The van der Waals surface area contributed by atoms with Crippen molar-refractivity contribution in [1.29, 1.82) is 0 Å². The van der Waals surface area contributed by atoms with Crippen molar-refractivity contribution in [2.45, 2.75) is 0 Å². The zero-order valence-corrected chi connectivity index (χ0v) is 12.2. The van der Waals surface area contributed by atoms with E-state index in [1.165, 1.54) is 0 Å². The van der Waals surface area contributed by atoms with Crippen LogP contribution in [-0.4, -0.2) is 6.29 Å². The number of nitrogens with zero attached hydrogens (tertiary/aromatic N) is 2. The van der Waals surface area contributed by atoms with Gasteiger partial charge in [-0.3, -0.25) is 10.2 Å². The number of fused-ring (bicyclic) bond motifs is 3. The third kappa shape index (κ3) is 2.12. The second-order valence-electron chi connectivity index (χ2n) is 5.24. The molecule has 23 heavy (non-hydrogen) atoms. The molecular formula is C19H13N3O. The minimum absolute atomic E-state index is 0.639. The number of hydrogen-bond donors (Lipinski definition) is 1. The van der Waals surface area contributed by atoms with Gasteiger partial charge in [-0.1, -0.05) is 53.8 Å². The molecule has 110 valence electrons. The summed E-state index contributed by atoms with van der Waals surface area (Å²) < 4.78 is 0. The number of aldehydes is 1. The van der Waals surface area contributed by atoms with Crippen molar-refractivity contribution in [1.82, 2.24) is 5.43 Å². The number of carbonyl (C=O) groups is 1. The van der Waals surface area contributed by atoms with Crippen LogP contribution in [0.3, 0.4) is 0 Å². The average molecular weight is 299 g/mol. The zero-order chi connectivity index (χ0) is 15.6. The third-order valence-corrected chi connectivity index (χ3v) is 3.99. The Morgan fingerprint density at radius 3 is 2.26 bits per heavy atom. The fourth-order valence-electron chi connectivity index (χ4n) is 3.03. The van der Waals surface area contributed by atoms with E-state index in [0.717, 1.165) is 33.4 Å². The van der Waals surface area contributed by atoms with Gasteiger partial charge >= 0.3 is 0 Å². The Labute approximate surface area is 132 Å². The van der Waals surface area contributed by atoms with Gasteiger partial charge in [0.1, 0.15) is 0 Å². The topological polar surface area (TPSA) is 53.8 Å². The SMILES string of the molecule is O=Cc1c(C2=CC=CNN=N2)c2ccccc2c2ccccc12. The molecule has 3 aromatic carbocycles. The molecule has 4 heteroatoms. The largest absolute Gasteiger partial charge is 0.298 e. The highest BCUT2D eigenvalue weighted by molar-refractivity contribution is 6.18. The van der Waals surface area contributed by atoms with Gasteiger partial charge in [0.05, 0.1) is 5.70 Å². The number of carbonyl (C=O) groups excluding carboxylic acids is 1. The second kappa shape index (κ2) is 5.50. The maximum Gasteiger partial charge on any atom is 0.151 e. The lowest BCUT2D eigenvalue weighted by molar-refractivity contribution is 0.112. The Kier molecular flexibility index (Phi) is 3.20. The number of nitrogens with one attached hydrogen (secondary N) is 1. The standard InChI is InChI=1S/C19H13N3O/c23-12-17-15-8-2-1-6-13(15)14-7-3-4-9-16(14)19(17)18-10-5-11-20-22-21-18/h1-12H,(H,20,21). The lowest BCUT2D eigenvalue weighted by Crippen LogP contribution is -1.96. The van der Waals surface area contributed by atoms with Gasteiger partial charge in [0.15, 0.2) is 6.29 Å². The predicted octanol–water partition coefficient (Wildman–Crippen LogP) is 4.63. The van der Waals surface area contributed by atoms with Gasteiger partial charge in [-0.15, -0.1) is 5.11 Å². The summed E-state index contributed by atoms with van der Waals surface area (Å²) in [4.78, 5) is 11.9. The summed E-state index contributed by atoms with van der Waals surface area (Å²) >= 11 is 0. The van der Waals surface area contributed by atoms with Crippen molar-refractivity contribution in [3.8, 4) is 0 Å². The molecule has 4 nitrogen and oxygen atoms in total. The van der Waals surface area contributed by atoms with Crippen LogP contribution < -0.4 is 5.43 Å². The van der Waals surface area contributed by atoms with Crippen LogP contribution in [0.2, 0.25) is 0 Å². The van der Waals surface area contributed by atoms with Gasteiger partial charge in [0.25, 0.3) is 0 Å². The lowest BCUT2D eigenvalue weighted by Gasteiger charge is -2.13. The van der Waals surface area contributed by atoms with Crippen molar-refractivity contribution in [3.63, 3.8) is 0 Å². The molecule has 1 heterocycles. The van der Waals surface area contributed by atoms with E-state index in [2.05, 4.69) is 21.8 Å². The number of hydrogen-bond acceptors (Lipinski definition) is 4. The molecule has 0 aromatic heterocycles. The molecule has 0 fully saturated rings. The molecular weight excluding hydrogens is 286 g/mol. The van der Waals surface area contributed by atoms with E-state index in [1.54, 1.807) is 6.20 Å². The molecule has 0 saturated heterocycles. The van der Waals surface area contributed by atoms with Crippen molar-refractivity contribution in [2.75, 3.05) is 0 Å². The van der Waals surface area contributed by atoms with Crippen LogP contribution in [0.1, 0.15) is 15.9 Å². The molecule has 4 rings (SSSR count). The summed E-state index contributed by atoms with van der Waals surface area (Å²) in [5.74, 6) is 0. The van der Waals surface area contributed by atoms with E-state index in [9.17, 15) is 4.79 Å². The number of benzene rings is 3. The molecule has 3 aromatic rings. The summed E-state index contributed by atoms with van der Waals surface area (Å²) in [6.07, 6.45) is 6.28. The Morgan fingerprint density at radius 1 is 0.870 bits per heavy atom. The first kappa shape index (κ1) is 13.4. The van der Waals surface area contributed by atoms with E-state index in [4.69, 9.17) is 0 Å².